The van der Waals surface area contributed by atoms with Gasteiger partial charge in [-0.1, -0.05) is 0 Å². The molecule has 2 fully saturated rings. The molecule has 4 amide bonds. The molecule has 3 aromatic rings. The standard InChI is InChI=1S/C26H28F2N8O6/c1-15(38)30-10-17-12-36(26(41)42-17)16-8-18(27)23(19(28)9-16)33-4-6-34(7-5-33)25(40)21(14-37)32-24(39)20-13-35-3-2-29-11-22(35)31-20/h2-3,8-9,11,13,17,21,37H,4-7,10,12,14H2,1H3,(H,30,38)(H,32,39)/t17-,21-/m0/s1. The highest BCUT2D eigenvalue weighted by Gasteiger charge is 2.35. The van der Waals surface area contributed by atoms with E-state index in [0.717, 1.165) is 17.0 Å². The minimum absolute atomic E-state index is 0.00897. The lowest BCUT2D eigenvalue weighted by Gasteiger charge is -2.37. The smallest absolute Gasteiger partial charge is 0.414 e. The minimum atomic E-state index is -1.24. The van der Waals surface area contributed by atoms with E-state index >= 15 is 8.78 Å². The van der Waals surface area contributed by atoms with Crippen LogP contribution in [-0.2, 0) is 14.3 Å². The van der Waals surface area contributed by atoms with Gasteiger partial charge < -0.3 is 34.7 Å². The Hall–Kier alpha value is -4.86. The monoisotopic (exact) mass is 586 g/mol. The zero-order chi connectivity index (χ0) is 30.0. The summed E-state index contributed by atoms with van der Waals surface area (Å²) in [5, 5.41) is 14.8. The van der Waals surface area contributed by atoms with Gasteiger partial charge in [-0.3, -0.25) is 24.3 Å². The van der Waals surface area contributed by atoms with Crippen molar-refractivity contribution in [2.75, 3.05) is 55.7 Å². The van der Waals surface area contributed by atoms with Gasteiger partial charge in [0.05, 0.1) is 31.6 Å². The van der Waals surface area contributed by atoms with Gasteiger partial charge in [0.2, 0.25) is 11.8 Å². The molecule has 2 aliphatic rings. The zero-order valence-electron chi connectivity index (χ0n) is 22.5. The molecule has 16 heteroatoms. The Morgan fingerprint density at radius 1 is 1.17 bits per heavy atom. The molecule has 3 N–H and O–H groups in total. The number of cyclic esters (lactones) is 1. The molecule has 0 spiro atoms. The molecule has 0 radical (unpaired) electrons. The molecule has 42 heavy (non-hydrogen) atoms. The lowest BCUT2D eigenvalue weighted by atomic mass is 10.1. The first-order valence-electron chi connectivity index (χ1n) is 13.1. The number of rotatable bonds is 8. The van der Waals surface area contributed by atoms with Gasteiger partial charge >= 0.3 is 6.09 Å². The van der Waals surface area contributed by atoms with Gasteiger partial charge in [0, 0.05) is 63.8 Å². The Kier molecular flexibility index (Phi) is 8.15. The summed E-state index contributed by atoms with van der Waals surface area (Å²) in [5.74, 6) is -3.30. The summed E-state index contributed by atoms with van der Waals surface area (Å²) >= 11 is 0. The first kappa shape index (κ1) is 28.7. The summed E-state index contributed by atoms with van der Waals surface area (Å²) in [5.41, 5.74) is 0.145. The van der Waals surface area contributed by atoms with E-state index in [1.165, 1.54) is 35.3 Å². The normalized spacial score (nSPS) is 17.8. The van der Waals surface area contributed by atoms with E-state index in [0.29, 0.717) is 5.65 Å². The number of nitrogens with one attached hydrogen (secondary N) is 2. The van der Waals surface area contributed by atoms with Crippen LogP contribution in [0.15, 0.2) is 36.9 Å². The molecule has 2 saturated heterocycles. The summed E-state index contributed by atoms with van der Waals surface area (Å²) in [6.45, 7) is 1.06. The van der Waals surface area contributed by atoms with Gasteiger partial charge in [0.15, 0.2) is 17.3 Å². The quantitative estimate of drug-likeness (QED) is 0.328. The first-order valence-corrected chi connectivity index (χ1v) is 13.1. The van der Waals surface area contributed by atoms with E-state index in [2.05, 4.69) is 20.6 Å². The van der Waals surface area contributed by atoms with Crippen molar-refractivity contribution in [1.82, 2.24) is 29.9 Å². The number of piperazine rings is 1. The summed E-state index contributed by atoms with van der Waals surface area (Å²) < 4.78 is 37.1. The van der Waals surface area contributed by atoms with Gasteiger partial charge in [-0.25, -0.2) is 18.6 Å². The second-order valence-electron chi connectivity index (χ2n) is 9.80. The fourth-order valence-corrected chi connectivity index (χ4v) is 4.85. The van der Waals surface area contributed by atoms with Crippen molar-refractivity contribution in [1.29, 1.82) is 0 Å². The van der Waals surface area contributed by atoms with E-state index < -0.39 is 48.3 Å². The number of aliphatic hydroxyl groups excluding tert-OH is 1. The van der Waals surface area contributed by atoms with E-state index in [9.17, 15) is 24.3 Å². The van der Waals surface area contributed by atoms with E-state index in [1.807, 2.05) is 0 Å². The molecule has 0 unspecified atom stereocenters. The van der Waals surface area contributed by atoms with Crippen molar-refractivity contribution in [2.45, 2.75) is 19.1 Å². The number of hydrogen-bond acceptors (Lipinski definition) is 9. The molecule has 0 aliphatic carbocycles. The van der Waals surface area contributed by atoms with Gasteiger partial charge in [0.25, 0.3) is 5.91 Å². The topological polar surface area (TPSA) is 162 Å². The van der Waals surface area contributed by atoms with Crippen LogP contribution in [0.5, 0.6) is 0 Å². The molecular weight excluding hydrogens is 558 g/mol. The van der Waals surface area contributed by atoms with Crippen LogP contribution in [0, 0.1) is 11.6 Å². The average molecular weight is 587 g/mol. The number of amides is 4. The highest BCUT2D eigenvalue weighted by Crippen LogP contribution is 2.31. The summed E-state index contributed by atoms with van der Waals surface area (Å²) in [6.07, 6.45) is 4.62. The molecule has 2 atom stereocenters. The van der Waals surface area contributed by atoms with Crippen LogP contribution in [0.1, 0.15) is 17.4 Å². The van der Waals surface area contributed by atoms with E-state index in [4.69, 9.17) is 4.74 Å². The minimum Gasteiger partial charge on any atom is -0.442 e. The highest BCUT2D eigenvalue weighted by atomic mass is 19.1. The molecule has 1 aromatic carbocycles. The summed E-state index contributed by atoms with van der Waals surface area (Å²) in [4.78, 5) is 61.1. The van der Waals surface area contributed by atoms with E-state index in [1.54, 1.807) is 10.6 Å². The number of nitrogens with zero attached hydrogens (tertiary/aromatic N) is 6. The van der Waals surface area contributed by atoms with Crippen LogP contribution >= 0.6 is 0 Å². The Balaban J connectivity index is 1.19. The van der Waals surface area contributed by atoms with Gasteiger partial charge in [-0.05, 0) is 0 Å². The number of anilines is 2. The Bertz CT molecular complexity index is 1470. The number of carbonyl (C=O) groups is 4. The Labute approximate surface area is 237 Å². The maximum atomic E-state index is 15.2. The van der Waals surface area contributed by atoms with E-state index in [-0.39, 0.29) is 62.2 Å². The molecule has 2 aromatic heterocycles. The number of ether oxygens (including phenoxy) is 1. The number of halogens is 2. The number of benzene rings is 1. The molecule has 0 saturated carbocycles. The third-order valence-corrected chi connectivity index (χ3v) is 6.96. The molecule has 222 valence electrons. The van der Waals surface area contributed by atoms with Gasteiger partial charge in [-0.15, -0.1) is 0 Å². The van der Waals surface area contributed by atoms with Crippen molar-refractivity contribution in [2.24, 2.45) is 0 Å². The molecule has 0 bridgehead atoms. The fraction of sp³-hybridized carbons (Fsp3) is 0.385. The Morgan fingerprint density at radius 2 is 1.88 bits per heavy atom. The van der Waals surface area contributed by atoms with Gasteiger partial charge in [0.1, 0.15) is 23.5 Å². The van der Waals surface area contributed by atoms with Crippen LogP contribution in [-0.4, -0.2) is 106 Å². The lowest BCUT2D eigenvalue weighted by Crippen LogP contribution is -2.56. The van der Waals surface area contributed by atoms with Crippen LogP contribution in [0.25, 0.3) is 5.65 Å². The van der Waals surface area contributed by atoms with Crippen LogP contribution < -0.4 is 20.4 Å². The zero-order valence-corrected chi connectivity index (χ0v) is 22.5. The number of aliphatic hydroxyl groups is 1. The average Bonchev–Trinajstić information content (AvgIpc) is 3.58. The largest absolute Gasteiger partial charge is 0.442 e. The first-order chi connectivity index (χ1) is 20.1. The van der Waals surface area contributed by atoms with Crippen molar-refractivity contribution < 1.29 is 37.8 Å². The van der Waals surface area contributed by atoms with Crippen molar-refractivity contribution >= 4 is 40.8 Å². The molecular formula is C26H28F2N8O6. The lowest BCUT2D eigenvalue weighted by molar-refractivity contribution is -0.134. The molecule has 5 rings (SSSR count). The summed E-state index contributed by atoms with van der Waals surface area (Å²) in [7, 11) is 0. The van der Waals surface area contributed by atoms with Crippen molar-refractivity contribution in [3.63, 3.8) is 0 Å². The van der Waals surface area contributed by atoms with Crippen LogP contribution in [0.3, 0.4) is 0 Å². The Morgan fingerprint density at radius 3 is 2.52 bits per heavy atom. The van der Waals surface area contributed by atoms with Crippen molar-refractivity contribution in [3.8, 4) is 0 Å². The predicted octanol–water partition coefficient (Wildman–Crippen LogP) is -0.0917. The highest BCUT2D eigenvalue weighted by molar-refractivity contribution is 5.96. The van der Waals surface area contributed by atoms with Crippen LogP contribution in [0.4, 0.5) is 25.0 Å². The third-order valence-electron chi connectivity index (χ3n) is 6.96. The fourth-order valence-electron chi connectivity index (χ4n) is 4.85. The number of hydrogen-bond donors (Lipinski definition) is 3. The number of carbonyl (C=O) groups excluding carboxylic acids is 4. The number of aromatic nitrogens is 3. The third kappa shape index (κ3) is 5.93. The second kappa shape index (κ2) is 11.9. The molecule has 2 aliphatic heterocycles. The second-order valence-corrected chi connectivity index (χ2v) is 9.80. The molecule has 4 heterocycles. The predicted molar refractivity (Wildman–Crippen MR) is 143 cm³/mol. The maximum Gasteiger partial charge on any atom is 0.414 e. The van der Waals surface area contributed by atoms with Crippen LogP contribution in [0.2, 0.25) is 0 Å². The van der Waals surface area contributed by atoms with Crippen molar-refractivity contribution in [3.05, 3.63) is 54.2 Å². The SMILES string of the molecule is CC(=O)NC[C@H]1CN(c2cc(F)c(N3CCN(C(=O)[C@H](CO)NC(=O)c4cn5ccncc5n4)CC3)c(F)c2)C(=O)O1. The number of fused-ring (bicyclic) bond motifs is 1. The number of imidazole rings is 1. The molecule has 14 nitrogen and oxygen atoms in total. The van der Waals surface area contributed by atoms with Gasteiger partial charge in [-0.2, -0.15) is 0 Å². The maximum absolute atomic E-state index is 15.2. The summed E-state index contributed by atoms with van der Waals surface area (Å²) in [6, 6.07) is 0.824.